The summed E-state index contributed by atoms with van der Waals surface area (Å²) in [5, 5.41) is 12.2. The van der Waals surface area contributed by atoms with Crippen molar-refractivity contribution >= 4 is 0 Å². The summed E-state index contributed by atoms with van der Waals surface area (Å²) in [6.45, 7) is -0.249. The van der Waals surface area contributed by atoms with Gasteiger partial charge in [0.15, 0.2) is 11.5 Å². The van der Waals surface area contributed by atoms with E-state index in [9.17, 15) is 8.78 Å². The topological polar surface area (TPSA) is 50.7 Å². The van der Waals surface area contributed by atoms with Gasteiger partial charge in [-0.3, -0.25) is 0 Å². The Morgan fingerprint density at radius 1 is 1.32 bits per heavy atom. The molecular weight excluding hydrogens is 256 g/mol. The van der Waals surface area contributed by atoms with Gasteiger partial charge in [-0.05, 0) is 30.7 Å². The highest BCUT2D eigenvalue weighted by Crippen LogP contribution is 2.32. The Labute approximate surface area is 111 Å². The maximum absolute atomic E-state index is 12.3. The molecule has 0 saturated heterocycles. The Hall–Kier alpha value is -1.40. The fraction of sp³-hybridized carbons (Fsp3) is 0.538. The fourth-order valence-corrected chi connectivity index (χ4v) is 1.86. The van der Waals surface area contributed by atoms with Crippen molar-refractivity contribution in [3.05, 3.63) is 23.8 Å². The largest absolute Gasteiger partial charge is 0.493 e. The average molecular weight is 275 g/mol. The van der Waals surface area contributed by atoms with Gasteiger partial charge < -0.3 is 19.9 Å². The van der Waals surface area contributed by atoms with Crippen LogP contribution in [0.1, 0.15) is 24.9 Å². The van der Waals surface area contributed by atoms with Crippen LogP contribution in [-0.4, -0.2) is 32.0 Å². The molecule has 0 radical (unpaired) electrons. The van der Waals surface area contributed by atoms with Crippen molar-refractivity contribution in [2.75, 3.05) is 20.3 Å². The molecule has 0 fully saturated rings. The summed E-state index contributed by atoms with van der Waals surface area (Å²) in [4.78, 5) is 0. The number of nitrogens with one attached hydrogen (secondary N) is 1. The van der Waals surface area contributed by atoms with Crippen molar-refractivity contribution in [2.24, 2.45) is 0 Å². The summed E-state index contributed by atoms with van der Waals surface area (Å²) in [5.41, 5.74) is 0.771. The lowest BCUT2D eigenvalue weighted by Gasteiger charge is -2.19. The lowest BCUT2D eigenvalue weighted by molar-refractivity contribution is -0.0512. The maximum Gasteiger partial charge on any atom is 0.387 e. The molecule has 0 aliphatic heterocycles. The van der Waals surface area contributed by atoms with Gasteiger partial charge in [0.1, 0.15) is 0 Å². The van der Waals surface area contributed by atoms with E-state index in [-0.39, 0.29) is 24.1 Å². The number of aliphatic hydroxyl groups is 1. The summed E-state index contributed by atoms with van der Waals surface area (Å²) in [6, 6.07) is 4.74. The molecule has 0 aliphatic carbocycles. The molecule has 1 aromatic carbocycles. The van der Waals surface area contributed by atoms with Crippen LogP contribution >= 0.6 is 0 Å². The molecule has 1 atom stereocenters. The van der Waals surface area contributed by atoms with Crippen molar-refractivity contribution in [1.29, 1.82) is 0 Å². The van der Waals surface area contributed by atoms with Crippen molar-refractivity contribution < 1.29 is 23.4 Å². The zero-order chi connectivity index (χ0) is 14.3. The normalized spacial score (nSPS) is 12.5. The second-order valence-electron chi connectivity index (χ2n) is 3.91. The number of halogens is 2. The van der Waals surface area contributed by atoms with Gasteiger partial charge in [0.25, 0.3) is 0 Å². The van der Waals surface area contributed by atoms with Crippen LogP contribution in [0.2, 0.25) is 0 Å². The molecule has 19 heavy (non-hydrogen) atoms. The minimum absolute atomic E-state index is 0.00385. The first-order valence-corrected chi connectivity index (χ1v) is 6.09. The van der Waals surface area contributed by atoms with E-state index in [1.165, 1.54) is 13.2 Å². The van der Waals surface area contributed by atoms with Crippen molar-refractivity contribution in [3.63, 3.8) is 0 Å². The molecular formula is C13H19F2NO3. The summed E-state index contributed by atoms with van der Waals surface area (Å²) >= 11 is 0. The minimum Gasteiger partial charge on any atom is -0.493 e. The van der Waals surface area contributed by atoms with Crippen molar-refractivity contribution in [1.82, 2.24) is 5.32 Å². The van der Waals surface area contributed by atoms with Crippen LogP contribution < -0.4 is 14.8 Å². The zero-order valence-corrected chi connectivity index (χ0v) is 11.0. The second kappa shape index (κ2) is 7.91. The van der Waals surface area contributed by atoms with Crippen LogP contribution in [0.4, 0.5) is 8.78 Å². The van der Waals surface area contributed by atoms with Crippen LogP contribution in [-0.2, 0) is 0 Å². The monoisotopic (exact) mass is 275 g/mol. The average Bonchev–Trinajstić information content (AvgIpc) is 2.38. The highest BCUT2D eigenvalue weighted by atomic mass is 19.3. The predicted octanol–water partition coefficient (Wildman–Crippen LogP) is 2.33. The third-order valence-electron chi connectivity index (χ3n) is 2.67. The number of rotatable bonds is 8. The summed E-state index contributed by atoms with van der Waals surface area (Å²) in [7, 11) is 1.39. The van der Waals surface area contributed by atoms with E-state index in [4.69, 9.17) is 9.84 Å². The van der Waals surface area contributed by atoms with Crippen LogP contribution in [0.5, 0.6) is 11.5 Å². The van der Waals surface area contributed by atoms with Gasteiger partial charge >= 0.3 is 6.61 Å². The molecule has 0 spiro atoms. The molecule has 4 nitrogen and oxygen atoms in total. The molecule has 0 aromatic heterocycles. The summed E-state index contributed by atoms with van der Waals surface area (Å²) in [5.74, 6) is 0.249. The lowest BCUT2D eigenvalue weighted by Crippen LogP contribution is -2.22. The molecule has 1 rings (SSSR count). The first-order valence-electron chi connectivity index (χ1n) is 6.09. The van der Waals surface area contributed by atoms with Crippen LogP contribution in [0.25, 0.3) is 0 Å². The first kappa shape index (κ1) is 15.7. The van der Waals surface area contributed by atoms with E-state index in [1.807, 2.05) is 6.92 Å². The Morgan fingerprint density at radius 2 is 2.05 bits per heavy atom. The third kappa shape index (κ3) is 4.65. The molecule has 0 bridgehead atoms. The Morgan fingerprint density at radius 3 is 2.58 bits per heavy atom. The van der Waals surface area contributed by atoms with E-state index in [0.29, 0.717) is 13.0 Å². The standard InChI is InChI=1S/C13H19F2NO3/c1-3-16-10(6-7-17)9-4-5-11(18-2)12(8-9)19-13(14)15/h4-5,8,10,13,16-17H,3,6-7H2,1-2H3. The SMILES string of the molecule is CCNC(CCO)c1ccc(OC)c(OC(F)F)c1. The lowest BCUT2D eigenvalue weighted by atomic mass is 10.0. The molecule has 0 amide bonds. The minimum atomic E-state index is -2.90. The predicted molar refractivity (Wildman–Crippen MR) is 67.7 cm³/mol. The number of methoxy groups -OCH3 is 1. The summed E-state index contributed by atoms with van der Waals surface area (Å²) in [6.07, 6.45) is 0.494. The molecule has 2 N–H and O–H groups in total. The van der Waals surface area contributed by atoms with Gasteiger partial charge in [0.2, 0.25) is 0 Å². The number of aliphatic hydroxyl groups excluding tert-OH is 1. The Kier molecular flexibility index (Phi) is 6.52. The zero-order valence-electron chi connectivity index (χ0n) is 11.0. The third-order valence-corrected chi connectivity index (χ3v) is 2.67. The highest BCUT2D eigenvalue weighted by molar-refractivity contribution is 5.43. The number of hydrogen-bond donors (Lipinski definition) is 2. The van der Waals surface area contributed by atoms with E-state index < -0.39 is 6.61 Å². The van der Waals surface area contributed by atoms with Gasteiger partial charge in [-0.25, -0.2) is 0 Å². The van der Waals surface area contributed by atoms with Crippen LogP contribution in [0.15, 0.2) is 18.2 Å². The van der Waals surface area contributed by atoms with Gasteiger partial charge in [-0.2, -0.15) is 8.78 Å². The highest BCUT2D eigenvalue weighted by Gasteiger charge is 2.15. The molecule has 0 saturated carbocycles. The van der Waals surface area contributed by atoms with E-state index in [1.54, 1.807) is 12.1 Å². The van der Waals surface area contributed by atoms with Crippen molar-refractivity contribution in [3.8, 4) is 11.5 Å². The molecule has 1 unspecified atom stereocenters. The molecule has 108 valence electrons. The van der Waals surface area contributed by atoms with Gasteiger partial charge in [-0.1, -0.05) is 13.0 Å². The first-order chi connectivity index (χ1) is 9.12. The fourth-order valence-electron chi connectivity index (χ4n) is 1.86. The number of ether oxygens (including phenoxy) is 2. The van der Waals surface area contributed by atoms with E-state index in [2.05, 4.69) is 10.1 Å². The second-order valence-corrected chi connectivity index (χ2v) is 3.91. The quantitative estimate of drug-likeness (QED) is 0.764. The van der Waals surface area contributed by atoms with Crippen molar-refractivity contribution in [2.45, 2.75) is 26.0 Å². The van der Waals surface area contributed by atoms with E-state index >= 15 is 0 Å². The van der Waals surface area contributed by atoms with Gasteiger partial charge in [0.05, 0.1) is 7.11 Å². The number of alkyl halides is 2. The Balaban J connectivity index is 3.00. The van der Waals surface area contributed by atoms with E-state index in [0.717, 1.165) is 5.56 Å². The smallest absolute Gasteiger partial charge is 0.387 e. The molecule has 6 heteroatoms. The molecule has 0 heterocycles. The Bertz CT molecular complexity index is 382. The maximum atomic E-state index is 12.3. The van der Waals surface area contributed by atoms with Crippen LogP contribution in [0.3, 0.4) is 0 Å². The molecule has 0 aliphatic rings. The van der Waals surface area contributed by atoms with Gasteiger partial charge in [0, 0.05) is 12.6 Å². The number of hydrogen-bond acceptors (Lipinski definition) is 4. The number of benzene rings is 1. The van der Waals surface area contributed by atoms with Gasteiger partial charge in [-0.15, -0.1) is 0 Å². The summed E-state index contributed by atoms with van der Waals surface area (Å²) < 4.78 is 34.1. The van der Waals surface area contributed by atoms with Crippen LogP contribution in [0, 0.1) is 0 Å². The molecule has 1 aromatic rings.